The highest BCUT2D eigenvalue weighted by Crippen LogP contribution is 2.31. The molecule has 2 aromatic carbocycles. The quantitative estimate of drug-likeness (QED) is 0.787. The minimum absolute atomic E-state index is 0.00909. The van der Waals surface area contributed by atoms with Gasteiger partial charge in [0.15, 0.2) is 0 Å². The summed E-state index contributed by atoms with van der Waals surface area (Å²) in [5.74, 6) is -0.0108. The number of halogens is 1. The molecule has 1 fully saturated rings. The van der Waals surface area contributed by atoms with E-state index in [1.54, 1.807) is 4.90 Å². The van der Waals surface area contributed by atoms with Gasteiger partial charge in [-0.2, -0.15) is 0 Å². The number of benzene rings is 2. The zero-order chi connectivity index (χ0) is 19.4. The van der Waals surface area contributed by atoms with Crippen LogP contribution < -0.4 is 5.32 Å². The summed E-state index contributed by atoms with van der Waals surface area (Å²) in [7, 11) is 0. The van der Waals surface area contributed by atoms with E-state index in [0.29, 0.717) is 25.2 Å². The third-order valence-corrected chi connectivity index (χ3v) is 5.67. The van der Waals surface area contributed by atoms with Crippen molar-refractivity contribution in [1.82, 2.24) is 10.2 Å². The van der Waals surface area contributed by atoms with Crippen LogP contribution in [0, 0.1) is 12.3 Å². The third kappa shape index (κ3) is 4.78. The van der Waals surface area contributed by atoms with Crippen LogP contribution in [0.25, 0.3) is 0 Å². The first-order valence-corrected chi connectivity index (χ1v) is 10.1. The van der Waals surface area contributed by atoms with Crippen molar-refractivity contribution >= 4 is 27.7 Å². The van der Waals surface area contributed by atoms with Gasteiger partial charge in [0, 0.05) is 29.7 Å². The molecule has 1 N–H and O–H groups in total. The zero-order valence-corrected chi connectivity index (χ0v) is 17.4. The van der Waals surface area contributed by atoms with Gasteiger partial charge < -0.3 is 10.2 Å². The van der Waals surface area contributed by atoms with Crippen molar-refractivity contribution in [3.05, 3.63) is 69.7 Å². The predicted molar refractivity (Wildman–Crippen MR) is 110 cm³/mol. The summed E-state index contributed by atoms with van der Waals surface area (Å²) >= 11 is 3.41. The molecule has 0 aromatic heterocycles. The molecule has 0 saturated carbocycles. The van der Waals surface area contributed by atoms with E-state index in [2.05, 4.69) is 21.2 Å². The summed E-state index contributed by atoms with van der Waals surface area (Å²) in [6, 6.07) is 15.5. The molecule has 1 atom stereocenters. The van der Waals surface area contributed by atoms with E-state index in [-0.39, 0.29) is 11.8 Å². The van der Waals surface area contributed by atoms with E-state index < -0.39 is 5.41 Å². The molecule has 1 aliphatic heterocycles. The minimum atomic E-state index is -0.565. The molecule has 3 rings (SSSR count). The maximum Gasteiger partial charge on any atom is 0.253 e. The second-order valence-corrected chi connectivity index (χ2v) is 8.49. The number of amides is 2. The molecule has 1 heterocycles. The van der Waals surface area contributed by atoms with Crippen LogP contribution in [0.15, 0.2) is 53.0 Å². The van der Waals surface area contributed by atoms with Crippen LogP contribution in [0.3, 0.4) is 0 Å². The van der Waals surface area contributed by atoms with Gasteiger partial charge in [0.05, 0.1) is 5.41 Å². The summed E-state index contributed by atoms with van der Waals surface area (Å²) in [5, 5.41) is 3.05. The number of aryl methyl sites for hydroxylation is 1. The number of carbonyl (C=O) groups excluding carboxylic acids is 2. The Balaban J connectivity index is 1.65. The molecule has 0 spiro atoms. The molecular formula is C22H25BrN2O2. The van der Waals surface area contributed by atoms with Gasteiger partial charge in [0.1, 0.15) is 0 Å². The lowest BCUT2D eigenvalue weighted by molar-refractivity contribution is -0.132. The van der Waals surface area contributed by atoms with E-state index in [0.717, 1.165) is 22.9 Å². The number of carbonyl (C=O) groups is 2. The molecule has 5 heteroatoms. The normalized spacial score (nSPS) is 19.6. The molecule has 4 nitrogen and oxygen atoms in total. The van der Waals surface area contributed by atoms with Crippen LogP contribution >= 0.6 is 15.9 Å². The molecule has 0 radical (unpaired) electrons. The van der Waals surface area contributed by atoms with Crippen LogP contribution in [0.2, 0.25) is 0 Å². The third-order valence-electron chi connectivity index (χ3n) is 5.18. The van der Waals surface area contributed by atoms with Crippen LogP contribution in [0.5, 0.6) is 0 Å². The van der Waals surface area contributed by atoms with Crippen LogP contribution in [-0.4, -0.2) is 29.8 Å². The molecule has 0 unspecified atom stereocenters. The Kier molecular flexibility index (Phi) is 6.00. The zero-order valence-electron chi connectivity index (χ0n) is 15.8. The van der Waals surface area contributed by atoms with Gasteiger partial charge in [0.25, 0.3) is 5.91 Å². The average Bonchev–Trinajstić information content (AvgIpc) is 2.66. The Hall–Kier alpha value is -2.14. The Morgan fingerprint density at radius 1 is 1.19 bits per heavy atom. The highest BCUT2D eigenvalue weighted by molar-refractivity contribution is 9.10. The highest BCUT2D eigenvalue weighted by Gasteiger charge is 2.39. The van der Waals surface area contributed by atoms with Crippen molar-refractivity contribution in [2.75, 3.05) is 13.1 Å². The van der Waals surface area contributed by atoms with Crippen molar-refractivity contribution in [2.45, 2.75) is 33.2 Å². The maximum absolute atomic E-state index is 12.9. The van der Waals surface area contributed by atoms with Gasteiger partial charge in [-0.3, -0.25) is 9.59 Å². The van der Waals surface area contributed by atoms with Gasteiger partial charge in [-0.25, -0.2) is 0 Å². The monoisotopic (exact) mass is 428 g/mol. The molecule has 1 saturated heterocycles. The van der Waals surface area contributed by atoms with Crippen LogP contribution in [0.1, 0.15) is 41.3 Å². The first-order valence-electron chi connectivity index (χ1n) is 9.26. The molecule has 1 aliphatic rings. The van der Waals surface area contributed by atoms with Crippen molar-refractivity contribution in [3.63, 3.8) is 0 Å². The number of nitrogens with one attached hydrogen (secondary N) is 1. The minimum Gasteiger partial charge on any atom is -0.351 e. The number of hydrogen-bond acceptors (Lipinski definition) is 2. The van der Waals surface area contributed by atoms with Gasteiger partial charge in [-0.05, 0) is 50.5 Å². The van der Waals surface area contributed by atoms with Crippen molar-refractivity contribution in [2.24, 2.45) is 5.41 Å². The van der Waals surface area contributed by atoms with Crippen molar-refractivity contribution in [3.8, 4) is 0 Å². The van der Waals surface area contributed by atoms with Gasteiger partial charge in [-0.1, -0.05) is 51.8 Å². The van der Waals surface area contributed by atoms with E-state index in [1.165, 1.54) is 5.56 Å². The van der Waals surface area contributed by atoms with Gasteiger partial charge in [-0.15, -0.1) is 0 Å². The van der Waals surface area contributed by atoms with Crippen LogP contribution in [-0.2, 0) is 11.3 Å². The van der Waals surface area contributed by atoms with Gasteiger partial charge in [0.2, 0.25) is 5.91 Å². The lowest BCUT2D eigenvalue weighted by Gasteiger charge is -2.39. The summed E-state index contributed by atoms with van der Waals surface area (Å²) in [4.78, 5) is 27.5. The largest absolute Gasteiger partial charge is 0.351 e. The standard InChI is InChI=1S/C22H25BrN2O2/c1-16-7-9-17(10-8-16)14-24-21(27)22(2)11-4-12-25(15-22)20(26)18-5-3-6-19(23)13-18/h3,5-10,13H,4,11-12,14-15H2,1-2H3,(H,24,27)/t22-/m0/s1. The van der Waals surface area contributed by atoms with E-state index in [1.807, 2.05) is 62.4 Å². The number of hydrogen-bond donors (Lipinski definition) is 1. The number of likely N-dealkylation sites (tertiary alicyclic amines) is 1. The molecule has 142 valence electrons. The van der Waals surface area contributed by atoms with Crippen molar-refractivity contribution in [1.29, 1.82) is 0 Å². The second kappa shape index (κ2) is 8.26. The highest BCUT2D eigenvalue weighted by atomic mass is 79.9. The molecule has 27 heavy (non-hydrogen) atoms. The number of rotatable bonds is 4. The first-order chi connectivity index (χ1) is 12.9. The fraction of sp³-hybridized carbons (Fsp3) is 0.364. The Morgan fingerprint density at radius 2 is 1.93 bits per heavy atom. The Bertz CT molecular complexity index is 834. The summed E-state index contributed by atoms with van der Waals surface area (Å²) < 4.78 is 0.879. The number of nitrogens with zero attached hydrogens (tertiary/aromatic N) is 1. The predicted octanol–water partition coefficient (Wildman–Crippen LogP) is 4.32. The summed E-state index contributed by atoms with van der Waals surface area (Å²) in [5.41, 5.74) is 2.36. The molecular weight excluding hydrogens is 404 g/mol. The van der Waals surface area contributed by atoms with Gasteiger partial charge >= 0.3 is 0 Å². The maximum atomic E-state index is 12.9. The molecule has 0 bridgehead atoms. The smallest absolute Gasteiger partial charge is 0.253 e. The molecule has 0 aliphatic carbocycles. The van der Waals surface area contributed by atoms with E-state index in [4.69, 9.17) is 0 Å². The molecule has 2 aromatic rings. The number of piperidine rings is 1. The SMILES string of the molecule is Cc1ccc(CNC(=O)[C@@]2(C)CCCN(C(=O)c3cccc(Br)c3)C2)cc1. The lowest BCUT2D eigenvalue weighted by Crippen LogP contribution is -2.51. The molecule has 2 amide bonds. The fourth-order valence-corrected chi connectivity index (χ4v) is 3.90. The first kappa shape index (κ1) is 19.6. The Labute approximate surface area is 169 Å². The summed E-state index contributed by atoms with van der Waals surface area (Å²) in [6.07, 6.45) is 1.61. The Morgan fingerprint density at radius 3 is 2.63 bits per heavy atom. The summed E-state index contributed by atoms with van der Waals surface area (Å²) in [6.45, 7) is 5.64. The average molecular weight is 429 g/mol. The van der Waals surface area contributed by atoms with E-state index >= 15 is 0 Å². The van der Waals surface area contributed by atoms with Crippen LogP contribution in [0.4, 0.5) is 0 Å². The second-order valence-electron chi connectivity index (χ2n) is 7.57. The fourth-order valence-electron chi connectivity index (χ4n) is 3.50. The van der Waals surface area contributed by atoms with E-state index in [9.17, 15) is 9.59 Å². The topological polar surface area (TPSA) is 49.4 Å². The lowest BCUT2D eigenvalue weighted by atomic mass is 9.80. The van der Waals surface area contributed by atoms with Crippen molar-refractivity contribution < 1.29 is 9.59 Å².